The topological polar surface area (TPSA) is 137 Å². The van der Waals surface area contributed by atoms with Crippen LogP contribution in [0.3, 0.4) is 0 Å². The largest absolute Gasteiger partial charge is 0.301 e. The number of rotatable bonds is 12. The minimum atomic E-state index is -4.10. The summed E-state index contributed by atoms with van der Waals surface area (Å²) in [5.74, 6) is -1.69. The number of halogens is 1. The molecule has 0 radical (unpaired) electrons. The van der Waals surface area contributed by atoms with Gasteiger partial charge >= 0.3 is 0 Å². The number of aromatic nitrogens is 1. The molecule has 1 aromatic heterocycles. The molecule has 1 heterocycles. The molecule has 186 valence electrons. The number of amides is 2. The van der Waals surface area contributed by atoms with Gasteiger partial charge in [0.25, 0.3) is 0 Å². The molecule has 1 atom stereocenters. The molecule has 0 aliphatic rings. The van der Waals surface area contributed by atoms with Crippen LogP contribution in [0.1, 0.15) is 32.1 Å². The molecule has 35 heavy (non-hydrogen) atoms. The molecule has 4 N–H and O–H groups in total. The molecule has 2 amide bonds. The number of anilines is 1. The zero-order chi connectivity index (χ0) is 25.3. The maximum Gasteiger partial charge on any atom is 0.244 e. The van der Waals surface area contributed by atoms with Crippen molar-refractivity contribution < 1.29 is 27.6 Å². The van der Waals surface area contributed by atoms with Gasteiger partial charge in [-0.05, 0) is 37.1 Å². The van der Waals surface area contributed by atoms with Crippen LogP contribution < -0.4 is 15.5 Å². The van der Waals surface area contributed by atoms with Gasteiger partial charge in [0.15, 0.2) is 5.13 Å². The Morgan fingerprint density at radius 2 is 1.74 bits per heavy atom. The average Bonchev–Trinajstić information content (AvgIpc) is 3.32. The van der Waals surface area contributed by atoms with Crippen LogP contribution in [0.15, 0.2) is 64.9 Å². The van der Waals surface area contributed by atoms with Crippen LogP contribution in [0.4, 0.5) is 9.52 Å². The lowest BCUT2D eigenvalue weighted by atomic mass is 10.1. The molecule has 9 nitrogen and oxygen atoms in total. The Bertz CT molecular complexity index is 1230. The lowest BCUT2D eigenvalue weighted by Crippen LogP contribution is -2.43. The molecule has 3 aromatic rings. The van der Waals surface area contributed by atoms with Gasteiger partial charge in [-0.2, -0.15) is 4.72 Å². The van der Waals surface area contributed by atoms with Crippen molar-refractivity contribution >= 4 is 38.3 Å². The summed E-state index contributed by atoms with van der Waals surface area (Å²) in [5, 5.41) is 13.3. The number of carbonyl (C=O) groups excluding carboxylic acids is 2. The summed E-state index contributed by atoms with van der Waals surface area (Å²) in [6.07, 6.45) is 1.69. The van der Waals surface area contributed by atoms with Crippen LogP contribution >= 0.6 is 11.3 Å². The van der Waals surface area contributed by atoms with Gasteiger partial charge in [-0.1, -0.05) is 43.2 Å². The highest BCUT2D eigenvalue weighted by atomic mass is 32.2. The third-order valence-corrected chi connectivity index (χ3v) is 7.31. The number of nitrogens with one attached hydrogen (secondary N) is 3. The van der Waals surface area contributed by atoms with Crippen LogP contribution in [-0.4, -0.2) is 36.5 Å². The number of hydrogen-bond acceptors (Lipinski definition) is 7. The van der Waals surface area contributed by atoms with Crippen LogP contribution in [0.25, 0.3) is 11.3 Å². The van der Waals surface area contributed by atoms with Gasteiger partial charge in [-0.3, -0.25) is 14.8 Å². The van der Waals surface area contributed by atoms with E-state index in [0.717, 1.165) is 29.8 Å². The van der Waals surface area contributed by atoms with Crippen molar-refractivity contribution in [1.82, 2.24) is 15.2 Å². The molecule has 0 saturated heterocycles. The van der Waals surface area contributed by atoms with Gasteiger partial charge in [-0.25, -0.2) is 23.3 Å². The SMILES string of the molecule is O=C(CCCCC[C@H](NS(=O)(=O)c1ccc(F)cc1)C(=O)Nc1nc(-c2ccccc2)cs1)NO. The maximum atomic E-state index is 13.2. The van der Waals surface area contributed by atoms with Crippen molar-refractivity contribution in [1.29, 1.82) is 0 Å². The summed E-state index contributed by atoms with van der Waals surface area (Å²) in [7, 11) is -4.10. The van der Waals surface area contributed by atoms with E-state index in [1.807, 2.05) is 30.3 Å². The molecule has 0 spiro atoms. The van der Waals surface area contributed by atoms with Gasteiger partial charge in [0.1, 0.15) is 11.9 Å². The fraction of sp³-hybridized carbons (Fsp3) is 0.261. The lowest BCUT2D eigenvalue weighted by Gasteiger charge is -2.18. The van der Waals surface area contributed by atoms with E-state index in [1.54, 1.807) is 10.9 Å². The first kappa shape index (κ1) is 26.4. The third kappa shape index (κ3) is 7.92. The highest BCUT2D eigenvalue weighted by molar-refractivity contribution is 7.89. The van der Waals surface area contributed by atoms with Gasteiger partial charge in [0.05, 0.1) is 10.6 Å². The summed E-state index contributed by atoms with van der Waals surface area (Å²) >= 11 is 1.21. The van der Waals surface area contributed by atoms with E-state index >= 15 is 0 Å². The average molecular weight is 521 g/mol. The Morgan fingerprint density at radius 3 is 2.43 bits per heavy atom. The Hall–Kier alpha value is -3.19. The maximum absolute atomic E-state index is 13.2. The van der Waals surface area contributed by atoms with Crippen molar-refractivity contribution in [2.45, 2.75) is 43.0 Å². The number of hydroxylamine groups is 1. The summed E-state index contributed by atoms with van der Waals surface area (Å²) in [6.45, 7) is 0. The number of nitrogens with zero attached hydrogens (tertiary/aromatic N) is 1. The summed E-state index contributed by atoms with van der Waals surface area (Å²) in [5.41, 5.74) is 3.11. The summed E-state index contributed by atoms with van der Waals surface area (Å²) < 4.78 is 41.2. The van der Waals surface area contributed by atoms with E-state index in [1.165, 1.54) is 11.3 Å². The Labute approximate surface area is 206 Å². The number of sulfonamides is 1. The number of hydrogen-bond donors (Lipinski definition) is 4. The van der Waals surface area contributed by atoms with Gasteiger partial charge in [0, 0.05) is 17.4 Å². The fourth-order valence-corrected chi connectivity index (χ4v) is 5.20. The van der Waals surface area contributed by atoms with Crippen LogP contribution in [0, 0.1) is 5.82 Å². The van der Waals surface area contributed by atoms with E-state index in [9.17, 15) is 22.4 Å². The normalized spacial score (nSPS) is 12.2. The smallest absolute Gasteiger partial charge is 0.244 e. The fourth-order valence-electron chi connectivity index (χ4n) is 3.24. The van der Waals surface area contributed by atoms with Crippen molar-refractivity contribution in [2.75, 3.05) is 5.32 Å². The van der Waals surface area contributed by atoms with Crippen LogP contribution in [-0.2, 0) is 19.6 Å². The first-order valence-electron chi connectivity index (χ1n) is 10.8. The predicted octanol–water partition coefficient (Wildman–Crippen LogP) is 3.69. The molecule has 0 saturated carbocycles. The second-order valence-corrected chi connectivity index (χ2v) is 10.2. The molecular weight excluding hydrogens is 495 g/mol. The molecule has 0 aliphatic carbocycles. The molecular formula is C23H25FN4O5S2. The molecule has 0 aliphatic heterocycles. The van der Waals surface area contributed by atoms with Crippen molar-refractivity contribution in [2.24, 2.45) is 0 Å². The quantitative estimate of drug-likeness (QED) is 0.163. The zero-order valence-electron chi connectivity index (χ0n) is 18.6. The predicted molar refractivity (Wildman–Crippen MR) is 130 cm³/mol. The third-order valence-electron chi connectivity index (χ3n) is 5.06. The molecule has 0 bridgehead atoms. The van der Waals surface area contributed by atoms with Crippen molar-refractivity contribution in [3.8, 4) is 11.3 Å². The first-order valence-corrected chi connectivity index (χ1v) is 13.2. The van der Waals surface area contributed by atoms with Crippen molar-refractivity contribution in [3.63, 3.8) is 0 Å². The number of carbonyl (C=O) groups is 2. The molecule has 0 fully saturated rings. The Kier molecular flexibility index (Phi) is 9.43. The number of unbranched alkanes of at least 4 members (excludes halogenated alkanes) is 2. The minimum Gasteiger partial charge on any atom is -0.301 e. The van der Waals surface area contributed by atoms with Gasteiger partial charge in [0.2, 0.25) is 21.8 Å². The summed E-state index contributed by atoms with van der Waals surface area (Å²) in [4.78, 5) is 28.4. The van der Waals surface area contributed by atoms with E-state index in [-0.39, 0.29) is 17.7 Å². The highest BCUT2D eigenvalue weighted by Crippen LogP contribution is 2.25. The lowest BCUT2D eigenvalue weighted by molar-refractivity contribution is -0.129. The van der Waals surface area contributed by atoms with Crippen LogP contribution in [0.5, 0.6) is 0 Å². The highest BCUT2D eigenvalue weighted by Gasteiger charge is 2.26. The zero-order valence-corrected chi connectivity index (χ0v) is 20.2. The van der Waals surface area contributed by atoms with Gasteiger partial charge < -0.3 is 5.32 Å². The van der Waals surface area contributed by atoms with E-state index in [4.69, 9.17) is 5.21 Å². The van der Waals surface area contributed by atoms with Crippen molar-refractivity contribution in [3.05, 3.63) is 65.8 Å². The monoisotopic (exact) mass is 520 g/mol. The van der Waals surface area contributed by atoms with E-state index < -0.39 is 33.7 Å². The standard InChI is InChI=1S/C23H25FN4O5S2/c24-17-11-13-18(14-12-17)35(32,33)28-19(9-5-2-6-10-21(29)27-31)22(30)26-23-25-20(15-34-23)16-7-3-1-4-8-16/h1,3-4,7-8,11-15,19,28,31H,2,5-6,9-10H2,(H,27,29)(H,25,26,30)/t19-/m0/s1. The van der Waals surface area contributed by atoms with E-state index in [0.29, 0.717) is 30.1 Å². The second kappa shape index (κ2) is 12.5. The molecule has 3 rings (SSSR count). The Morgan fingerprint density at radius 1 is 1.03 bits per heavy atom. The van der Waals surface area contributed by atoms with Gasteiger partial charge in [-0.15, -0.1) is 11.3 Å². The number of benzene rings is 2. The van der Waals surface area contributed by atoms with Crippen LogP contribution in [0.2, 0.25) is 0 Å². The summed E-state index contributed by atoms with van der Waals surface area (Å²) in [6, 6.07) is 12.6. The molecule has 2 aromatic carbocycles. The minimum absolute atomic E-state index is 0.107. The molecule has 12 heteroatoms. The van der Waals surface area contributed by atoms with E-state index in [2.05, 4.69) is 15.0 Å². The second-order valence-electron chi connectivity index (χ2n) is 7.66. The Balaban J connectivity index is 1.70. The molecule has 0 unspecified atom stereocenters. The number of thiazole rings is 1. The first-order chi connectivity index (χ1) is 16.8.